The van der Waals surface area contributed by atoms with Gasteiger partial charge in [-0.05, 0) is 42.0 Å². The van der Waals surface area contributed by atoms with Crippen molar-refractivity contribution < 1.29 is 9.90 Å². The third-order valence-corrected chi connectivity index (χ3v) is 6.29. The summed E-state index contributed by atoms with van der Waals surface area (Å²) < 4.78 is 0. The van der Waals surface area contributed by atoms with Crippen LogP contribution in [0.15, 0.2) is 36.4 Å². The van der Waals surface area contributed by atoms with E-state index in [1.165, 1.54) is 11.1 Å². The summed E-state index contributed by atoms with van der Waals surface area (Å²) in [6.07, 6.45) is 10.7. The van der Waals surface area contributed by atoms with Gasteiger partial charge in [0.05, 0.1) is 0 Å². The third kappa shape index (κ3) is 1.74. The highest BCUT2D eigenvalue weighted by Gasteiger charge is 2.49. The topological polar surface area (TPSA) is 40.5 Å². The van der Waals surface area contributed by atoms with E-state index in [0.29, 0.717) is 11.8 Å². The van der Waals surface area contributed by atoms with Crippen molar-refractivity contribution in [3.05, 3.63) is 52.6 Å². The van der Waals surface area contributed by atoms with E-state index in [1.807, 2.05) is 0 Å². The number of aliphatic carboxylic acids is 1. The number of nitrogens with zero attached hydrogens (tertiary/aromatic N) is 1. The van der Waals surface area contributed by atoms with Crippen LogP contribution in [0.4, 0.5) is 5.69 Å². The standard InChI is InChI=1S/C19H18ClNO2/c20-11-7-15-12-4-1-3-10(12)9-21-17(15)16(8-11)13-5-2-6-14(13)18(21)19(22)23/h1-2,4-5,7-8,10,12-14,18H,3,6,9H2,(H,22,23)/t10-,12-,13-,14+,18-/m0/s1. The molecule has 5 atom stereocenters. The summed E-state index contributed by atoms with van der Waals surface area (Å²) in [5, 5.41) is 10.7. The Morgan fingerprint density at radius 2 is 1.83 bits per heavy atom. The van der Waals surface area contributed by atoms with Crippen LogP contribution in [0.5, 0.6) is 0 Å². The lowest BCUT2D eigenvalue weighted by atomic mass is 9.72. The quantitative estimate of drug-likeness (QED) is 0.794. The van der Waals surface area contributed by atoms with Gasteiger partial charge in [0.1, 0.15) is 6.04 Å². The molecule has 0 spiro atoms. The van der Waals surface area contributed by atoms with Gasteiger partial charge in [-0.25, -0.2) is 4.79 Å². The highest BCUT2D eigenvalue weighted by atomic mass is 35.5. The number of hydrogen-bond donors (Lipinski definition) is 1. The van der Waals surface area contributed by atoms with E-state index < -0.39 is 12.0 Å². The predicted octanol–water partition coefficient (Wildman–Crippen LogP) is 3.95. The minimum Gasteiger partial charge on any atom is -0.480 e. The van der Waals surface area contributed by atoms with Gasteiger partial charge in [-0.2, -0.15) is 0 Å². The molecule has 4 heteroatoms. The summed E-state index contributed by atoms with van der Waals surface area (Å²) >= 11 is 6.43. The minimum atomic E-state index is -0.695. The van der Waals surface area contributed by atoms with E-state index in [2.05, 4.69) is 41.3 Å². The Morgan fingerprint density at radius 3 is 2.61 bits per heavy atom. The Morgan fingerprint density at radius 1 is 1.13 bits per heavy atom. The van der Waals surface area contributed by atoms with E-state index in [9.17, 15) is 9.90 Å². The summed E-state index contributed by atoms with van der Waals surface area (Å²) in [6.45, 7) is 0.833. The normalized spacial score (nSPS) is 35.9. The van der Waals surface area contributed by atoms with Gasteiger partial charge in [-0.3, -0.25) is 0 Å². The number of allylic oxidation sites excluding steroid dienone is 4. The number of fused-ring (bicyclic) bond motifs is 4. The number of rotatable bonds is 1. The Hall–Kier alpha value is -1.74. The maximum atomic E-state index is 12.1. The molecule has 1 aromatic rings. The zero-order chi connectivity index (χ0) is 15.7. The zero-order valence-electron chi connectivity index (χ0n) is 12.7. The summed E-state index contributed by atoms with van der Waals surface area (Å²) in [6, 6.07) is 3.68. The molecular weight excluding hydrogens is 310 g/mol. The van der Waals surface area contributed by atoms with Gasteiger partial charge in [0.2, 0.25) is 0 Å². The van der Waals surface area contributed by atoms with E-state index in [-0.39, 0.29) is 11.8 Å². The fourth-order valence-corrected chi connectivity index (χ4v) is 5.44. The van der Waals surface area contributed by atoms with Crippen molar-refractivity contribution in [3.63, 3.8) is 0 Å². The molecule has 0 aromatic heterocycles. The third-order valence-electron chi connectivity index (χ3n) is 6.07. The summed E-state index contributed by atoms with van der Waals surface area (Å²) in [7, 11) is 0. The Bertz CT molecular complexity index is 752. The van der Waals surface area contributed by atoms with Gasteiger partial charge in [0, 0.05) is 35.0 Å². The van der Waals surface area contributed by atoms with Crippen LogP contribution in [0.2, 0.25) is 5.02 Å². The van der Waals surface area contributed by atoms with Gasteiger partial charge in [0.15, 0.2) is 0 Å². The first kappa shape index (κ1) is 13.7. The van der Waals surface area contributed by atoms with Crippen LogP contribution in [0, 0.1) is 11.8 Å². The molecule has 1 N–H and O–H groups in total. The smallest absolute Gasteiger partial charge is 0.326 e. The molecule has 2 aliphatic heterocycles. The lowest BCUT2D eigenvalue weighted by molar-refractivity contribution is -0.140. The first-order chi connectivity index (χ1) is 11.1. The maximum absolute atomic E-state index is 12.1. The fourth-order valence-electron chi connectivity index (χ4n) is 5.21. The van der Waals surface area contributed by atoms with Crippen molar-refractivity contribution in [1.29, 1.82) is 0 Å². The molecule has 3 nitrogen and oxygen atoms in total. The van der Waals surface area contributed by atoms with E-state index in [1.54, 1.807) is 0 Å². The lowest BCUT2D eigenvalue weighted by Crippen LogP contribution is -2.54. The van der Waals surface area contributed by atoms with Crippen LogP contribution in [0.3, 0.4) is 0 Å². The zero-order valence-corrected chi connectivity index (χ0v) is 13.4. The molecule has 1 aromatic carbocycles. The number of carboxylic acid groups (broad SMARTS) is 1. The lowest BCUT2D eigenvalue weighted by Gasteiger charge is -2.49. The molecule has 0 fully saturated rings. The van der Waals surface area contributed by atoms with E-state index >= 15 is 0 Å². The molecule has 2 heterocycles. The minimum absolute atomic E-state index is 0.122. The molecular formula is C19H18ClNO2. The van der Waals surface area contributed by atoms with Crippen molar-refractivity contribution in [3.8, 4) is 0 Å². The average Bonchev–Trinajstić information content (AvgIpc) is 3.15. The van der Waals surface area contributed by atoms with Gasteiger partial charge in [0.25, 0.3) is 0 Å². The van der Waals surface area contributed by atoms with Crippen LogP contribution in [-0.2, 0) is 4.79 Å². The summed E-state index contributed by atoms with van der Waals surface area (Å²) in [5.74, 6) is 0.468. The van der Waals surface area contributed by atoms with Crippen LogP contribution in [0.1, 0.15) is 35.8 Å². The number of carbonyl (C=O) groups is 1. The Labute approximate surface area is 140 Å². The van der Waals surface area contributed by atoms with Crippen LogP contribution in [0.25, 0.3) is 0 Å². The van der Waals surface area contributed by atoms with Crippen molar-refractivity contribution >= 4 is 23.3 Å². The first-order valence-electron chi connectivity index (χ1n) is 8.31. The molecule has 0 radical (unpaired) electrons. The van der Waals surface area contributed by atoms with Gasteiger partial charge >= 0.3 is 5.97 Å². The Balaban J connectivity index is 1.78. The molecule has 0 unspecified atom stereocenters. The molecule has 118 valence electrons. The summed E-state index contributed by atoms with van der Waals surface area (Å²) in [5.41, 5.74) is 3.59. The van der Waals surface area contributed by atoms with Crippen molar-refractivity contribution in [1.82, 2.24) is 0 Å². The highest BCUT2D eigenvalue weighted by molar-refractivity contribution is 6.31. The number of hydrogen-bond acceptors (Lipinski definition) is 2. The number of benzene rings is 1. The second kappa shape index (κ2) is 4.64. The highest BCUT2D eigenvalue weighted by Crippen LogP contribution is 2.55. The van der Waals surface area contributed by atoms with Crippen molar-refractivity contribution in [2.45, 2.75) is 30.7 Å². The van der Waals surface area contributed by atoms with Crippen LogP contribution < -0.4 is 4.90 Å². The molecule has 23 heavy (non-hydrogen) atoms. The van der Waals surface area contributed by atoms with Gasteiger partial charge in [-0.15, -0.1) is 0 Å². The second-order valence-corrected chi connectivity index (χ2v) is 7.61. The van der Waals surface area contributed by atoms with Gasteiger partial charge in [-0.1, -0.05) is 35.9 Å². The second-order valence-electron chi connectivity index (χ2n) is 7.17. The van der Waals surface area contributed by atoms with Crippen LogP contribution in [-0.4, -0.2) is 23.7 Å². The van der Waals surface area contributed by atoms with E-state index in [4.69, 9.17) is 11.6 Å². The fraction of sp³-hybridized carbons (Fsp3) is 0.421. The largest absolute Gasteiger partial charge is 0.480 e. The molecule has 4 aliphatic rings. The van der Waals surface area contributed by atoms with E-state index in [0.717, 1.165) is 30.1 Å². The van der Waals surface area contributed by atoms with Crippen molar-refractivity contribution in [2.24, 2.45) is 11.8 Å². The number of halogens is 1. The molecule has 0 saturated carbocycles. The summed E-state index contributed by atoms with van der Waals surface area (Å²) in [4.78, 5) is 14.2. The Kier molecular flexibility index (Phi) is 2.76. The monoisotopic (exact) mass is 327 g/mol. The predicted molar refractivity (Wildman–Crippen MR) is 90.2 cm³/mol. The molecule has 0 amide bonds. The number of carboxylic acids is 1. The molecule has 5 rings (SSSR count). The number of anilines is 1. The maximum Gasteiger partial charge on any atom is 0.326 e. The molecule has 0 bridgehead atoms. The van der Waals surface area contributed by atoms with Gasteiger partial charge < -0.3 is 10.0 Å². The first-order valence-corrected chi connectivity index (χ1v) is 8.69. The van der Waals surface area contributed by atoms with Crippen LogP contribution >= 0.6 is 11.6 Å². The SMILES string of the molecule is O=C(O)[C@@H]1[C@@H]2CC=C[C@@H]2c2cc(Cl)cc3c2N1C[C@@H]1CC=C[C@H]31. The van der Waals surface area contributed by atoms with Crippen molar-refractivity contribution in [2.75, 3.05) is 11.4 Å². The molecule has 2 aliphatic carbocycles. The average molecular weight is 328 g/mol. The molecule has 0 saturated heterocycles.